The number of morpholine rings is 1. The monoisotopic (exact) mass is 342 g/mol. The zero-order valence-corrected chi connectivity index (χ0v) is 15.0. The fourth-order valence-corrected chi connectivity index (χ4v) is 3.27. The normalized spacial score (nSPS) is 22.4. The molecule has 2 aliphatic heterocycles. The molecule has 0 spiro atoms. The lowest BCUT2D eigenvalue weighted by molar-refractivity contribution is -0.118. The number of para-hydroxylation sites is 1. The van der Waals surface area contributed by atoms with Gasteiger partial charge in [0.1, 0.15) is 5.92 Å². The number of hydrogen-bond acceptors (Lipinski definition) is 5. The highest BCUT2D eigenvalue weighted by Crippen LogP contribution is 2.24. The molecule has 1 fully saturated rings. The maximum atomic E-state index is 12.7. The van der Waals surface area contributed by atoms with Gasteiger partial charge in [-0.25, -0.2) is 0 Å². The number of nitrogens with zero attached hydrogens (tertiary/aromatic N) is 4. The molecule has 1 saturated heterocycles. The fourth-order valence-electron chi connectivity index (χ4n) is 3.27. The van der Waals surface area contributed by atoms with Crippen LogP contribution in [0.5, 0.6) is 0 Å². The van der Waals surface area contributed by atoms with Crippen LogP contribution in [0.4, 0.5) is 5.69 Å². The first-order valence-corrected chi connectivity index (χ1v) is 8.92. The number of carbonyl (C=O) groups is 1. The minimum Gasteiger partial charge on any atom is -0.379 e. The third-order valence-electron chi connectivity index (χ3n) is 4.65. The standard InChI is InChI=1S/C19H26N4O2/c1-15(20-9-6-10-22-11-13-25-14-12-22)18-16(2)21-23(19(18)24)17-7-4-3-5-8-17/h3-5,7-8,18H,6,9-14H2,1-2H3/t18-/m0/s1. The molecule has 1 aromatic carbocycles. The summed E-state index contributed by atoms with van der Waals surface area (Å²) in [6, 6.07) is 9.54. The van der Waals surface area contributed by atoms with Gasteiger partial charge in [0, 0.05) is 31.9 Å². The highest BCUT2D eigenvalue weighted by Gasteiger charge is 2.36. The van der Waals surface area contributed by atoms with Gasteiger partial charge in [0.2, 0.25) is 0 Å². The van der Waals surface area contributed by atoms with Crippen LogP contribution in [-0.4, -0.2) is 61.6 Å². The molecule has 6 heteroatoms. The smallest absolute Gasteiger partial charge is 0.261 e. The highest BCUT2D eigenvalue weighted by molar-refractivity contribution is 6.27. The number of hydrogen-bond donors (Lipinski definition) is 0. The van der Waals surface area contributed by atoms with Crippen molar-refractivity contribution in [3.05, 3.63) is 30.3 Å². The first-order chi connectivity index (χ1) is 12.2. The number of rotatable bonds is 6. The van der Waals surface area contributed by atoms with Crippen LogP contribution in [-0.2, 0) is 9.53 Å². The fraction of sp³-hybridized carbons (Fsp3) is 0.526. The average molecular weight is 342 g/mol. The molecule has 0 N–H and O–H groups in total. The topological polar surface area (TPSA) is 57.5 Å². The number of anilines is 1. The van der Waals surface area contributed by atoms with Gasteiger partial charge in [-0.15, -0.1) is 0 Å². The van der Waals surface area contributed by atoms with Crippen molar-refractivity contribution in [2.45, 2.75) is 20.3 Å². The summed E-state index contributed by atoms with van der Waals surface area (Å²) in [6.45, 7) is 9.26. The van der Waals surface area contributed by atoms with Crippen LogP contribution in [0.2, 0.25) is 0 Å². The number of hydrazone groups is 1. The number of amides is 1. The van der Waals surface area contributed by atoms with Gasteiger partial charge in [-0.05, 0) is 32.4 Å². The van der Waals surface area contributed by atoms with Crippen LogP contribution in [0.3, 0.4) is 0 Å². The van der Waals surface area contributed by atoms with Gasteiger partial charge in [0.05, 0.1) is 24.6 Å². The predicted molar refractivity (Wildman–Crippen MR) is 100 cm³/mol. The SMILES string of the molecule is CC(=NCCCN1CCOCC1)[C@@H]1C(=O)N(c2ccccc2)N=C1C. The Balaban J connectivity index is 1.55. The molecule has 0 aliphatic carbocycles. The summed E-state index contributed by atoms with van der Waals surface area (Å²) in [4.78, 5) is 19.8. The van der Waals surface area contributed by atoms with Gasteiger partial charge in [-0.1, -0.05) is 18.2 Å². The summed E-state index contributed by atoms with van der Waals surface area (Å²) in [6.07, 6.45) is 0.997. The molecule has 0 bridgehead atoms. The van der Waals surface area contributed by atoms with Crippen LogP contribution in [0, 0.1) is 5.92 Å². The largest absolute Gasteiger partial charge is 0.379 e. The number of ether oxygens (including phenoxy) is 1. The molecule has 0 unspecified atom stereocenters. The summed E-state index contributed by atoms with van der Waals surface area (Å²) in [7, 11) is 0. The van der Waals surface area contributed by atoms with Gasteiger partial charge >= 0.3 is 0 Å². The zero-order chi connectivity index (χ0) is 17.6. The van der Waals surface area contributed by atoms with E-state index in [1.165, 1.54) is 5.01 Å². The molecular formula is C19H26N4O2. The van der Waals surface area contributed by atoms with Crippen molar-refractivity contribution >= 4 is 23.0 Å². The van der Waals surface area contributed by atoms with E-state index in [-0.39, 0.29) is 11.8 Å². The van der Waals surface area contributed by atoms with Crippen molar-refractivity contribution < 1.29 is 9.53 Å². The van der Waals surface area contributed by atoms with E-state index in [1.54, 1.807) is 0 Å². The highest BCUT2D eigenvalue weighted by atomic mass is 16.5. The first-order valence-electron chi connectivity index (χ1n) is 8.92. The Bertz CT molecular complexity index is 651. The molecular weight excluding hydrogens is 316 g/mol. The van der Waals surface area contributed by atoms with E-state index in [9.17, 15) is 4.79 Å². The van der Waals surface area contributed by atoms with E-state index in [0.29, 0.717) is 0 Å². The molecule has 1 aromatic rings. The van der Waals surface area contributed by atoms with Crippen molar-refractivity contribution in [2.24, 2.45) is 16.0 Å². The molecule has 0 aromatic heterocycles. The number of carbonyl (C=O) groups excluding carboxylic acids is 1. The lowest BCUT2D eigenvalue weighted by Crippen LogP contribution is -2.37. The Kier molecular flexibility index (Phi) is 5.94. The summed E-state index contributed by atoms with van der Waals surface area (Å²) in [5.74, 6) is -0.346. The van der Waals surface area contributed by atoms with E-state index >= 15 is 0 Å². The van der Waals surface area contributed by atoms with Crippen LogP contribution in [0.15, 0.2) is 40.4 Å². The third kappa shape index (κ3) is 4.32. The molecule has 25 heavy (non-hydrogen) atoms. The summed E-state index contributed by atoms with van der Waals surface area (Å²) >= 11 is 0. The van der Waals surface area contributed by atoms with Gasteiger partial charge < -0.3 is 4.74 Å². The lowest BCUT2D eigenvalue weighted by atomic mass is 9.99. The van der Waals surface area contributed by atoms with Gasteiger partial charge in [0.15, 0.2) is 0 Å². The summed E-state index contributed by atoms with van der Waals surface area (Å²) < 4.78 is 5.36. The zero-order valence-electron chi connectivity index (χ0n) is 15.0. The maximum absolute atomic E-state index is 12.7. The van der Waals surface area contributed by atoms with Gasteiger partial charge in [-0.3, -0.25) is 14.7 Å². The lowest BCUT2D eigenvalue weighted by Gasteiger charge is -2.26. The van der Waals surface area contributed by atoms with Gasteiger partial charge in [-0.2, -0.15) is 10.1 Å². The molecule has 1 amide bonds. The van der Waals surface area contributed by atoms with Crippen LogP contribution in [0.25, 0.3) is 0 Å². The Hall–Kier alpha value is -2.05. The Morgan fingerprint density at radius 1 is 1.28 bits per heavy atom. The van der Waals surface area contributed by atoms with Crippen molar-refractivity contribution in [3.63, 3.8) is 0 Å². The van der Waals surface area contributed by atoms with Crippen molar-refractivity contribution in [1.29, 1.82) is 0 Å². The molecule has 3 rings (SSSR count). The Labute approximate surface area is 149 Å². The minimum atomic E-state index is -0.330. The number of benzene rings is 1. The average Bonchev–Trinajstić information content (AvgIpc) is 2.94. The van der Waals surface area contributed by atoms with Crippen molar-refractivity contribution in [3.8, 4) is 0 Å². The maximum Gasteiger partial charge on any atom is 0.261 e. The van der Waals surface area contributed by atoms with Crippen molar-refractivity contribution in [2.75, 3.05) is 44.4 Å². The molecule has 0 radical (unpaired) electrons. The molecule has 2 heterocycles. The van der Waals surface area contributed by atoms with Crippen LogP contribution < -0.4 is 5.01 Å². The predicted octanol–water partition coefficient (Wildman–Crippen LogP) is 2.21. The first kappa shape index (κ1) is 17.8. The quantitative estimate of drug-likeness (QED) is 0.588. The second-order valence-corrected chi connectivity index (χ2v) is 6.49. The molecule has 0 saturated carbocycles. The molecule has 1 atom stereocenters. The summed E-state index contributed by atoms with van der Waals surface area (Å²) in [5, 5.41) is 5.93. The van der Waals surface area contributed by atoms with Gasteiger partial charge in [0.25, 0.3) is 5.91 Å². The minimum absolute atomic E-state index is 0.0156. The number of aliphatic imine (C=N–C) groups is 1. The Morgan fingerprint density at radius 3 is 2.72 bits per heavy atom. The second kappa shape index (κ2) is 8.36. The summed E-state index contributed by atoms with van der Waals surface area (Å²) in [5.41, 5.74) is 2.46. The van der Waals surface area contributed by atoms with Crippen LogP contribution >= 0.6 is 0 Å². The molecule has 134 valence electrons. The third-order valence-corrected chi connectivity index (χ3v) is 4.65. The Morgan fingerprint density at radius 2 is 2.00 bits per heavy atom. The second-order valence-electron chi connectivity index (χ2n) is 6.49. The molecule has 6 nitrogen and oxygen atoms in total. The van der Waals surface area contributed by atoms with E-state index in [1.807, 2.05) is 44.2 Å². The van der Waals surface area contributed by atoms with E-state index in [0.717, 1.165) is 62.9 Å². The van der Waals surface area contributed by atoms with E-state index in [4.69, 9.17) is 4.74 Å². The van der Waals surface area contributed by atoms with E-state index < -0.39 is 0 Å². The van der Waals surface area contributed by atoms with E-state index in [2.05, 4.69) is 15.0 Å². The molecule has 2 aliphatic rings. The van der Waals surface area contributed by atoms with Crippen LogP contribution in [0.1, 0.15) is 20.3 Å². The van der Waals surface area contributed by atoms with Crippen molar-refractivity contribution in [1.82, 2.24) is 4.90 Å².